The standard InChI is InChI=1S/C21H37NO/c1-18(23)14-10-8-6-4-5-7-9-11-15-19-16-12-13-17-20(19)21(2,3)22/h12-13,16-18,23H,4-11,14-15,22H2,1-3H3. The van der Waals surface area contributed by atoms with Crippen molar-refractivity contribution in [2.75, 3.05) is 0 Å². The lowest BCUT2D eigenvalue weighted by Crippen LogP contribution is -2.30. The number of aliphatic hydroxyl groups is 1. The van der Waals surface area contributed by atoms with E-state index in [9.17, 15) is 5.11 Å². The maximum Gasteiger partial charge on any atom is 0.0512 e. The highest BCUT2D eigenvalue weighted by Crippen LogP contribution is 2.23. The summed E-state index contributed by atoms with van der Waals surface area (Å²) in [6.07, 6.45) is 12.3. The van der Waals surface area contributed by atoms with Gasteiger partial charge in [0.1, 0.15) is 0 Å². The third-order valence-electron chi connectivity index (χ3n) is 4.53. The van der Waals surface area contributed by atoms with Crippen LogP contribution >= 0.6 is 0 Å². The summed E-state index contributed by atoms with van der Waals surface area (Å²) in [7, 11) is 0. The monoisotopic (exact) mass is 319 g/mol. The third kappa shape index (κ3) is 9.12. The zero-order valence-corrected chi connectivity index (χ0v) is 15.5. The van der Waals surface area contributed by atoms with E-state index in [4.69, 9.17) is 5.73 Å². The Bertz CT molecular complexity index is 420. The summed E-state index contributed by atoms with van der Waals surface area (Å²) in [5, 5.41) is 9.21. The molecule has 2 heteroatoms. The molecule has 0 radical (unpaired) electrons. The third-order valence-corrected chi connectivity index (χ3v) is 4.53. The van der Waals surface area contributed by atoms with E-state index in [0.717, 1.165) is 12.8 Å². The molecule has 1 aromatic carbocycles. The van der Waals surface area contributed by atoms with Gasteiger partial charge in [-0.05, 0) is 51.2 Å². The van der Waals surface area contributed by atoms with Crippen LogP contribution in [-0.4, -0.2) is 11.2 Å². The number of benzene rings is 1. The number of aliphatic hydroxyl groups excluding tert-OH is 1. The van der Waals surface area contributed by atoms with Crippen LogP contribution in [0.5, 0.6) is 0 Å². The highest BCUT2D eigenvalue weighted by atomic mass is 16.3. The minimum atomic E-state index is -0.247. The van der Waals surface area contributed by atoms with E-state index < -0.39 is 0 Å². The van der Waals surface area contributed by atoms with Gasteiger partial charge < -0.3 is 10.8 Å². The topological polar surface area (TPSA) is 46.2 Å². The number of hydrogen-bond donors (Lipinski definition) is 2. The van der Waals surface area contributed by atoms with Crippen LogP contribution in [0.25, 0.3) is 0 Å². The molecular formula is C21H37NO. The molecule has 132 valence electrons. The Morgan fingerprint density at radius 1 is 0.913 bits per heavy atom. The summed E-state index contributed by atoms with van der Waals surface area (Å²) in [4.78, 5) is 0. The van der Waals surface area contributed by atoms with Crippen molar-refractivity contribution >= 4 is 0 Å². The van der Waals surface area contributed by atoms with E-state index in [2.05, 4.69) is 38.1 Å². The summed E-state index contributed by atoms with van der Waals surface area (Å²) in [5.74, 6) is 0. The molecule has 0 saturated heterocycles. The number of rotatable bonds is 12. The molecule has 1 aromatic rings. The summed E-state index contributed by atoms with van der Waals surface area (Å²) in [6.45, 7) is 6.05. The van der Waals surface area contributed by atoms with Crippen molar-refractivity contribution in [1.82, 2.24) is 0 Å². The zero-order chi connectivity index (χ0) is 17.1. The van der Waals surface area contributed by atoms with Gasteiger partial charge in [-0.15, -0.1) is 0 Å². The predicted molar refractivity (Wildman–Crippen MR) is 101 cm³/mol. The summed E-state index contributed by atoms with van der Waals surface area (Å²) in [6, 6.07) is 8.61. The van der Waals surface area contributed by atoms with E-state index in [1.165, 1.54) is 62.5 Å². The quantitative estimate of drug-likeness (QED) is 0.512. The van der Waals surface area contributed by atoms with Crippen molar-refractivity contribution < 1.29 is 5.11 Å². The Morgan fingerprint density at radius 3 is 2.00 bits per heavy atom. The molecular weight excluding hydrogens is 282 g/mol. The van der Waals surface area contributed by atoms with Crippen molar-refractivity contribution in [1.29, 1.82) is 0 Å². The first-order valence-electron chi connectivity index (χ1n) is 9.46. The average Bonchev–Trinajstić information content (AvgIpc) is 2.48. The Kier molecular flexibility index (Phi) is 9.50. The van der Waals surface area contributed by atoms with Crippen LogP contribution in [-0.2, 0) is 12.0 Å². The second-order valence-electron chi connectivity index (χ2n) is 7.59. The predicted octanol–water partition coefficient (Wildman–Crippen LogP) is 5.31. The lowest BCUT2D eigenvalue weighted by molar-refractivity contribution is 0.180. The minimum absolute atomic E-state index is 0.128. The van der Waals surface area contributed by atoms with Crippen molar-refractivity contribution in [3.8, 4) is 0 Å². The molecule has 1 unspecified atom stereocenters. The molecule has 0 heterocycles. The Morgan fingerprint density at radius 2 is 1.43 bits per heavy atom. The van der Waals surface area contributed by atoms with Gasteiger partial charge in [-0.1, -0.05) is 69.2 Å². The van der Waals surface area contributed by atoms with Crippen LogP contribution in [0.2, 0.25) is 0 Å². The molecule has 3 N–H and O–H groups in total. The molecule has 0 aromatic heterocycles. The number of hydrogen-bond acceptors (Lipinski definition) is 2. The maximum atomic E-state index is 9.21. The van der Waals surface area contributed by atoms with Crippen molar-refractivity contribution in [2.24, 2.45) is 5.73 Å². The highest BCUT2D eigenvalue weighted by molar-refractivity contribution is 5.32. The molecule has 0 aliphatic carbocycles. The second kappa shape index (κ2) is 10.8. The first-order chi connectivity index (χ1) is 10.9. The minimum Gasteiger partial charge on any atom is -0.393 e. The van der Waals surface area contributed by atoms with Gasteiger partial charge in [0.25, 0.3) is 0 Å². The fraction of sp³-hybridized carbons (Fsp3) is 0.714. The van der Waals surface area contributed by atoms with Gasteiger partial charge in [0.05, 0.1) is 6.10 Å². The van der Waals surface area contributed by atoms with E-state index in [1.54, 1.807) is 0 Å². The van der Waals surface area contributed by atoms with E-state index in [1.807, 2.05) is 6.92 Å². The first-order valence-corrected chi connectivity index (χ1v) is 9.46. The van der Waals surface area contributed by atoms with E-state index >= 15 is 0 Å². The summed E-state index contributed by atoms with van der Waals surface area (Å²) < 4.78 is 0. The number of unbranched alkanes of at least 4 members (excludes halogenated alkanes) is 7. The Labute approximate surface area is 143 Å². The molecule has 0 spiro atoms. The largest absolute Gasteiger partial charge is 0.393 e. The van der Waals surface area contributed by atoms with Crippen molar-refractivity contribution in [3.63, 3.8) is 0 Å². The van der Waals surface area contributed by atoms with Crippen LogP contribution < -0.4 is 5.73 Å². The molecule has 23 heavy (non-hydrogen) atoms. The van der Waals surface area contributed by atoms with Crippen LogP contribution in [0, 0.1) is 0 Å². The molecule has 1 rings (SSSR count). The van der Waals surface area contributed by atoms with E-state index in [0.29, 0.717) is 0 Å². The molecule has 0 aliphatic heterocycles. The van der Waals surface area contributed by atoms with Gasteiger partial charge in [0.15, 0.2) is 0 Å². The van der Waals surface area contributed by atoms with Crippen LogP contribution in [0.15, 0.2) is 24.3 Å². The molecule has 0 bridgehead atoms. The van der Waals surface area contributed by atoms with Gasteiger partial charge in [-0.2, -0.15) is 0 Å². The summed E-state index contributed by atoms with van der Waals surface area (Å²) in [5.41, 5.74) is 8.73. The highest BCUT2D eigenvalue weighted by Gasteiger charge is 2.17. The molecule has 0 saturated carbocycles. The van der Waals surface area contributed by atoms with Crippen molar-refractivity contribution in [3.05, 3.63) is 35.4 Å². The molecule has 1 atom stereocenters. The fourth-order valence-electron chi connectivity index (χ4n) is 3.18. The van der Waals surface area contributed by atoms with Gasteiger partial charge >= 0.3 is 0 Å². The number of aryl methyl sites for hydroxylation is 1. The summed E-state index contributed by atoms with van der Waals surface area (Å²) >= 11 is 0. The van der Waals surface area contributed by atoms with Gasteiger partial charge in [0, 0.05) is 5.54 Å². The smallest absolute Gasteiger partial charge is 0.0512 e. The number of nitrogens with two attached hydrogens (primary N) is 1. The van der Waals surface area contributed by atoms with Gasteiger partial charge in [-0.25, -0.2) is 0 Å². The van der Waals surface area contributed by atoms with Crippen molar-refractivity contribution in [2.45, 2.75) is 96.6 Å². The maximum absolute atomic E-state index is 9.21. The van der Waals surface area contributed by atoms with Crippen LogP contribution in [0.3, 0.4) is 0 Å². The molecule has 2 nitrogen and oxygen atoms in total. The Hall–Kier alpha value is -0.860. The van der Waals surface area contributed by atoms with E-state index in [-0.39, 0.29) is 11.6 Å². The lowest BCUT2D eigenvalue weighted by atomic mass is 9.89. The zero-order valence-electron chi connectivity index (χ0n) is 15.5. The first kappa shape index (κ1) is 20.2. The van der Waals surface area contributed by atoms with Crippen LogP contribution in [0.4, 0.5) is 0 Å². The molecule has 0 fully saturated rings. The lowest BCUT2D eigenvalue weighted by Gasteiger charge is -2.23. The Balaban J connectivity index is 2.10. The second-order valence-corrected chi connectivity index (χ2v) is 7.59. The van der Waals surface area contributed by atoms with Gasteiger partial charge in [-0.3, -0.25) is 0 Å². The van der Waals surface area contributed by atoms with Crippen LogP contribution in [0.1, 0.15) is 89.7 Å². The fourth-order valence-corrected chi connectivity index (χ4v) is 3.18. The average molecular weight is 320 g/mol. The van der Waals surface area contributed by atoms with Gasteiger partial charge in [0.2, 0.25) is 0 Å². The SMILES string of the molecule is CC(O)CCCCCCCCCCc1ccccc1C(C)(C)N. The normalized spacial score (nSPS) is 13.3. The molecule has 0 aliphatic rings. The molecule has 0 amide bonds.